The maximum absolute atomic E-state index is 12.8. The van der Waals surface area contributed by atoms with Crippen molar-refractivity contribution in [2.45, 2.75) is 112 Å². The Morgan fingerprint density at radius 3 is 1.98 bits per heavy atom. The zero-order chi connectivity index (χ0) is 33.1. The van der Waals surface area contributed by atoms with E-state index in [1.54, 1.807) is 31.2 Å². The summed E-state index contributed by atoms with van der Waals surface area (Å²) in [5.74, 6) is 0.479. The van der Waals surface area contributed by atoms with Gasteiger partial charge in [-0.2, -0.15) is 0 Å². The second-order valence-electron chi connectivity index (χ2n) is 12.9. The van der Waals surface area contributed by atoms with Crippen molar-refractivity contribution in [3.63, 3.8) is 0 Å². The maximum atomic E-state index is 12.8. The van der Waals surface area contributed by atoms with Crippen LogP contribution in [-0.2, 0) is 9.59 Å². The Balaban J connectivity index is 0.00000120. The standard InChI is InChI=1S/C28H47N5O4.C7H14/c1-8-15-33(16-9-2)28(37)23-12-10-11-22(17-23)26(35)30-14-13-29-21(7)25(34)32-24(20(5)6)27(36)31-18-19(3)4;1-7-5-3-2-4-6-7/h10-12,17,19-21,24,29H,8-9,13-16,18H2,1-7H3,(H,30,35)(H,31,36)(H,32,34);7H,2-6H2,1H3. The van der Waals surface area contributed by atoms with E-state index in [0.717, 1.165) is 18.8 Å². The van der Waals surface area contributed by atoms with Gasteiger partial charge in [0.05, 0.1) is 6.04 Å². The fraction of sp³-hybridized carbons (Fsp3) is 0.714. The van der Waals surface area contributed by atoms with Crippen LogP contribution in [0.3, 0.4) is 0 Å². The molecule has 0 radical (unpaired) electrons. The Morgan fingerprint density at radius 1 is 0.841 bits per heavy atom. The second kappa shape index (κ2) is 21.7. The van der Waals surface area contributed by atoms with Crippen LogP contribution in [0.25, 0.3) is 0 Å². The summed E-state index contributed by atoms with van der Waals surface area (Å²) in [5, 5.41) is 11.6. The van der Waals surface area contributed by atoms with Gasteiger partial charge < -0.3 is 26.2 Å². The van der Waals surface area contributed by atoms with Crippen LogP contribution in [0.1, 0.15) is 121 Å². The van der Waals surface area contributed by atoms with E-state index in [4.69, 9.17) is 0 Å². The summed E-state index contributed by atoms with van der Waals surface area (Å²) in [5.41, 5.74) is 0.909. The van der Waals surface area contributed by atoms with Crippen LogP contribution < -0.4 is 21.3 Å². The van der Waals surface area contributed by atoms with Crippen molar-refractivity contribution in [1.82, 2.24) is 26.2 Å². The Labute approximate surface area is 267 Å². The average Bonchev–Trinajstić information content (AvgIpc) is 3.00. The molecule has 0 spiro atoms. The number of nitrogens with one attached hydrogen (secondary N) is 4. The number of hydrogen-bond acceptors (Lipinski definition) is 5. The maximum Gasteiger partial charge on any atom is 0.253 e. The minimum atomic E-state index is -0.615. The summed E-state index contributed by atoms with van der Waals surface area (Å²) < 4.78 is 0. The minimum Gasteiger partial charge on any atom is -0.354 e. The van der Waals surface area contributed by atoms with Crippen LogP contribution in [0.2, 0.25) is 0 Å². The first-order valence-corrected chi connectivity index (χ1v) is 16.9. The lowest BCUT2D eigenvalue weighted by molar-refractivity contribution is -0.130. The van der Waals surface area contributed by atoms with E-state index in [0.29, 0.717) is 49.8 Å². The van der Waals surface area contributed by atoms with Gasteiger partial charge in [0.15, 0.2) is 0 Å². The number of carbonyl (C=O) groups excluding carboxylic acids is 4. The number of carbonyl (C=O) groups is 4. The molecule has 9 heteroatoms. The zero-order valence-electron chi connectivity index (χ0n) is 28.8. The smallest absolute Gasteiger partial charge is 0.253 e. The van der Waals surface area contributed by atoms with Crippen molar-refractivity contribution >= 4 is 23.6 Å². The van der Waals surface area contributed by atoms with Gasteiger partial charge in [-0.05, 0) is 55.7 Å². The van der Waals surface area contributed by atoms with Crippen molar-refractivity contribution in [2.24, 2.45) is 17.8 Å². The van der Waals surface area contributed by atoms with Gasteiger partial charge in [0.1, 0.15) is 6.04 Å². The van der Waals surface area contributed by atoms with Crippen LogP contribution in [-0.4, -0.2) is 73.3 Å². The first-order valence-electron chi connectivity index (χ1n) is 16.9. The van der Waals surface area contributed by atoms with Gasteiger partial charge in [-0.3, -0.25) is 19.2 Å². The van der Waals surface area contributed by atoms with Gasteiger partial charge in [0, 0.05) is 43.9 Å². The SMILES string of the molecule is CC1CCCCC1.CCCN(CCC)C(=O)c1cccc(C(=O)NCCNC(C)C(=O)NC(C(=O)NCC(C)C)C(C)C)c1. The third-order valence-corrected chi connectivity index (χ3v) is 7.73. The molecule has 1 aliphatic rings. The molecule has 0 aromatic heterocycles. The largest absolute Gasteiger partial charge is 0.354 e. The minimum absolute atomic E-state index is 0.0544. The fourth-order valence-corrected chi connectivity index (χ4v) is 5.02. The van der Waals surface area contributed by atoms with E-state index in [1.807, 2.05) is 46.4 Å². The molecule has 1 aromatic carbocycles. The van der Waals surface area contributed by atoms with Crippen molar-refractivity contribution < 1.29 is 19.2 Å². The molecule has 2 atom stereocenters. The lowest BCUT2D eigenvalue weighted by atomic mass is 9.91. The second-order valence-corrected chi connectivity index (χ2v) is 12.9. The predicted molar refractivity (Wildman–Crippen MR) is 180 cm³/mol. The van der Waals surface area contributed by atoms with Crippen molar-refractivity contribution in [3.8, 4) is 0 Å². The number of rotatable bonds is 16. The van der Waals surface area contributed by atoms with Gasteiger partial charge >= 0.3 is 0 Å². The quantitative estimate of drug-likeness (QED) is 0.192. The van der Waals surface area contributed by atoms with Crippen LogP contribution in [0.15, 0.2) is 24.3 Å². The zero-order valence-corrected chi connectivity index (χ0v) is 28.8. The summed E-state index contributed by atoms with van der Waals surface area (Å²) in [6.07, 6.45) is 9.18. The van der Waals surface area contributed by atoms with Gasteiger partial charge in [0.25, 0.3) is 11.8 Å². The Bertz CT molecular complexity index is 1000. The number of hydrogen-bond donors (Lipinski definition) is 4. The third-order valence-electron chi connectivity index (χ3n) is 7.73. The van der Waals surface area contributed by atoms with Crippen LogP contribution in [0, 0.1) is 17.8 Å². The van der Waals surface area contributed by atoms with Crippen molar-refractivity contribution in [3.05, 3.63) is 35.4 Å². The molecule has 0 heterocycles. The lowest BCUT2D eigenvalue weighted by Crippen LogP contribution is -2.54. The molecule has 44 heavy (non-hydrogen) atoms. The van der Waals surface area contributed by atoms with E-state index >= 15 is 0 Å². The molecular weight excluding hydrogens is 554 g/mol. The first-order chi connectivity index (χ1) is 20.9. The van der Waals surface area contributed by atoms with E-state index in [9.17, 15) is 19.2 Å². The molecule has 4 N–H and O–H groups in total. The number of benzene rings is 1. The Morgan fingerprint density at radius 2 is 1.45 bits per heavy atom. The number of nitrogens with zero attached hydrogens (tertiary/aromatic N) is 1. The van der Waals surface area contributed by atoms with Crippen molar-refractivity contribution in [2.75, 3.05) is 32.7 Å². The Hall–Kier alpha value is -2.94. The lowest BCUT2D eigenvalue weighted by Gasteiger charge is -2.24. The molecule has 1 aliphatic carbocycles. The highest BCUT2D eigenvalue weighted by Gasteiger charge is 2.26. The molecular formula is C35H61N5O4. The fourth-order valence-electron chi connectivity index (χ4n) is 5.02. The Kier molecular flexibility index (Phi) is 19.3. The molecule has 1 saturated carbocycles. The molecule has 0 aliphatic heterocycles. The molecule has 2 unspecified atom stereocenters. The monoisotopic (exact) mass is 615 g/mol. The van der Waals surface area contributed by atoms with Crippen LogP contribution in [0.5, 0.6) is 0 Å². The molecule has 4 amide bonds. The normalized spacial score (nSPS) is 14.7. The van der Waals surface area contributed by atoms with E-state index in [1.165, 1.54) is 32.1 Å². The van der Waals surface area contributed by atoms with Crippen molar-refractivity contribution in [1.29, 1.82) is 0 Å². The molecule has 2 rings (SSSR count). The molecule has 1 fully saturated rings. The molecule has 250 valence electrons. The summed E-state index contributed by atoms with van der Waals surface area (Å²) in [6.45, 7) is 18.5. The highest BCUT2D eigenvalue weighted by Crippen LogP contribution is 2.22. The van der Waals surface area contributed by atoms with Crippen LogP contribution in [0.4, 0.5) is 0 Å². The van der Waals surface area contributed by atoms with Gasteiger partial charge in [0.2, 0.25) is 11.8 Å². The van der Waals surface area contributed by atoms with Crippen LogP contribution >= 0.6 is 0 Å². The third kappa shape index (κ3) is 15.2. The van der Waals surface area contributed by atoms with Gasteiger partial charge in [-0.1, -0.05) is 86.6 Å². The predicted octanol–water partition coefficient (Wildman–Crippen LogP) is 5.16. The van der Waals surface area contributed by atoms with Gasteiger partial charge in [-0.15, -0.1) is 0 Å². The summed E-state index contributed by atoms with van der Waals surface area (Å²) >= 11 is 0. The highest BCUT2D eigenvalue weighted by atomic mass is 16.2. The van der Waals surface area contributed by atoms with E-state index in [-0.39, 0.29) is 29.5 Å². The molecule has 0 bridgehead atoms. The number of amides is 4. The summed E-state index contributed by atoms with van der Waals surface area (Å²) in [4.78, 5) is 52.4. The molecule has 1 aromatic rings. The average molecular weight is 616 g/mol. The molecule has 0 saturated heterocycles. The van der Waals surface area contributed by atoms with Gasteiger partial charge in [-0.25, -0.2) is 0 Å². The summed E-state index contributed by atoms with van der Waals surface area (Å²) in [7, 11) is 0. The highest BCUT2D eigenvalue weighted by molar-refractivity contribution is 5.99. The first kappa shape index (κ1) is 39.1. The van der Waals surface area contributed by atoms with E-state index in [2.05, 4.69) is 28.2 Å². The molecule has 9 nitrogen and oxygen atoms in total. The van der Waals surface area contributed by atoms with E-state index < -0.39 is 12.1 Å². The summed E-state index contributed by atoms with van der Waals surface area (Å²) in [6, 6.07) is 5.58. The topological polar surface area (TPSA) is 120 Å².